The first-order valence-electron chi connectivity index (χ1n) is 5.83. The first-order chi connectivity index (χ1) is 8.20. The van der Waals surface area contributed by atoms with E-state index in [2.05, 4.69) is 47.7 Å². The molecule has 4 heteroatoms. The molecule has 0 aliphatic heterocycles. The van der Waals surface area contributed by atoms with Crippen molar-refractivity contribution < 1.29 is 0 Å². The number of hydrogen-bond acceptors (Lipinski definition) is 4. The van der Waals surface area contributed by atoms with E-state index in [1.807, 2.05) is 0 Å². The quantitative estimate of drug-likeness (QED) is 0.903. The van der Waals surface area contributed by atoms with Crippen molar-refractivity contribution in [2.45, 2.75) is 32.7 Å². The van der Waals surface area contributed by atoms with Crippen molar-refractivity contribution in [3.63, 3.8) is 0 Å². The summed E-state index contributed by atoms with van der Waals surface area (Å²) in [5, 5.41) is 4.10. The summed E-state index contributed by atoms with van der Waals surface area (Å²) >= 11 is 1.42. The van der Waals surface area contributed by atoms with Crippen molar-refractivity contribution in [3.8, 4) is 0 Å². The molecule has 0 aliphatic rings. The van der Waals surface area contributed by atoms with Crippen molar-refractivity contribution >= 4 is 11.5 Å². The van der Waals surface area contributed by atoms with Crippen LogP contribution < -0.4 is 5.73 Å². The van der Waals surface area contributed by atoms with Crippen molar-refractivity contribution in [1.82, 2.24) is 9.59 Å². The minimum absolute atomic E-state index is 0.00709. The van der Waals surface area contributed by atoms with Crippen LogP contribution in [0.5, 0.6) is 0 Å². The normalized spacial score (nSPS) is 12.6. The molecule has 3 nitrogen and oxygen atoms in total. The van der Waals surface area contributed by atoms with E-state index in [9.17, 15) is 0 Å². The van der Waals surface area contributed by atoms with Gasteiger partial charge in [0.2, 0.25) is 0 Å². The molecule has 0 saturated carbocycles. The van der Waals surface area contributed by atoms with Crippen LogP contribution in [-0.2, 0) is 12.8 Å². The van der Waals surface area contributed by atoms with E-state index < -0.39 is 0 Å². The summed E-state index contributed by atoms with van der Waals surface area (Å²) in [6.45, 7) is 4.17. The molecule has 0 saturated heterocycles. The molecule has 1 aromatic carbocycles. The van der Waals surface area contributed by atoms with Gasteiger partial charge in [0.25, 0.3) is 0 Å². The summed E-state index contributed by atoms with van der Waals surface area (Å²) in [4.78, 5) is 1.12. The maximum absolute atomic E-state index is 6.22. The first-order valence-corrected chi connectivity index (χ1v) is 6.60. The zero-order valence-electron chi connectivity index (χ0n) is 10.2. The van der Waals surface area contributed by atoms with Crippen LogP contribution in [0.25, 0.3) is 0 Å². The highest BCUT2D eigenvalue weighted by atomic mass is 32.1. The third-order valence-corrected chi connectivity index (χ3v) is 3.73. The van der Waals surface area contributed by atoms with Crippen LogP contribution >= 0.6 is 11.5 Å². The summed E-state index contributed by atoms with van der Waals surface area (Å²) in [5.41, 5.74) is 9.79. The predicted molar refractivity (Wildman–Crippen MR) is 71.1 cm³/mol. The fourth-order valence-corrected chi connectivity index (χ4v) is 2.55. The molecule has 1 heterocycles. The lowest BCUT2D eigenvalue weighted by molar-refractivity contribution is 0.722. The van der Waals surface area contributed by atoms with Crippen molar-refractivity contribution in [2.75, 3.05) is 0 Å². The summed E-state index contributed by atoms with van der Waals surface area (Å²) < 4.78 is 3.98. The molecule has 0 spiro atoms. The predicted octanol–water partition coefficient (Wildman–Crippen LogP) is 2.65. The maximum Gasteiger partial charge on any atom is 0.0801 e. The summed E-state index contributed by atoms with van der Waals surface area (Å²) in [6, 6.07) is 8.51. The molecule has 0 amide bonds. The standard InChI is InChI=1S/C13H17N3S/c1-3-12-13(17-16-15-12)11(14)8-10-6-4-9(2)5-7-10/h4-7,11H,3,8,14H2,1-2H3. The van der Waals surface area contributed by atoms with Crippen LogP contribution in [0.4, 0.5) is 0 Å². The van der Waals surface area contributed by atoms with Gasteiger partial charge in [0, 0.05) is 6.04 Å². The van der Waals surface area contributed by atoms with Gasteiger partial charge < -0.3 is 5.73 Å². The van der Waals surface area contributed by atoms with Crippen LogP contribution in [0.15, 0.2) is 24.3 Å². The van der Waals surface area contributed by atoms with E-state index in [-0.39, 0.29) is 6.04 Å². The van der Waals surface area contributed by atoms with Crippen molar-refractivity contribution in [2.24, 2.45) is 5.73 Å². The number of nitrogens with zero attached hydrogens (tertiary/aromatic N) is 2. The van der Waals surface area contributed by atoms with Crippen molar-refractivity contribution in [1.29, 1.82) is 0 Å². The van der Waals surface area contributed by atoms with Gasteiger partial charge in [-0.05, 0) is 36.9 Å². The average molecular weight is 247 g/mol. The summed E-state index contributed by atoms with van der Waals surface area (Å²) in [7, 11) is 0. The maximum atomic E-state index is 6.22. The molecule has 0 radical (unpaired) electrons. The molecule has 2 aromatic rings. The Labute approximate surface area is 106 Å². The molecule has 1 unspecified atom stereocenters. The highest BCUT2D eigenvalue weighted by molar-refractivity contribution is 7.05. The molecule has 90 valence electrons. The molecule has 0 aliphatic carbocycles. The van der Waals surface area contributed by atoms with Crippen molar-refractivity contribution in [3.05, 3.63) is 46.0 Å². The number of aromatic nitrogens is 2. The fraction of sp³-hybridized carbons (Fsp3) is 0.385. The average Bonchev–Trinajstić information content (AvgIpc) is 2.80. The molecule has 1 atom stereocenters. The van der Waals surface area contributed by atoms with Crippen LogP contribution in [0.2, 0.25) is 0 Å². The lowest BCUT2D eigenvalue weighted by Gasteiger charge is -2.10. The minimum Gasteiger partial charge on any atom is -0.323 e. The van der Waals surface area contributed by atoms with Crippen LogP contribution in [-0.4, -0.2) is 9.59 Å². The van der Waals surface area contributed by atoms with Gasteiger partial charge in [0.1, 0.15) is 0 Å². The Bertz CT molecular complexity index is 476. The van der Waals surface area contributed by atoms with Gasteiger partial charge in [-0.1, -0.05) is 41.2 Å². The SMILES string of the molecule is CCc1nnsc1C(N)Cc1ccc(C)cc1. The molecule has 0 fully saturated rings. The highest BCUT2D eigenvalue weighted by Crippen LogP contribution is 2.22. The van der Waals surface area contributed by atoms with Gasteiger partial charge in [-0.3, -0.25) is 0 Å². The number of rotatable bonds is 4. The second-order valence-electron chi connectivity index (χ2n) is 4.23. The Hall–Kier alpha value is -1.26. The molecule has 1 aromatic heterocycles. The topological polar surface area (TPSA) is 51.8 Å². The second kappa shape index (κ2) is 5.38. The first kappa shape index (κ1) is 12.2. The molecule has 0 bridgehead atoms. The van der Waals surface area contributed by atoms with Gasteiger partial charge in [-0.15, -0.1) is 5.10 Å². The molecule has 2 N–H and O–H groups in total. The van der Waals surface area contributed by atoms with Crippen LogP contribution in [0, 0.1) is 6.92 Å². The zero-order valence-corrected chi connectivity index (χ0v) is 11.0. The summed E-state index contributed by atoms with van der Waals surface area (Å²) in [6.07, 6.45) is 1.74. The van der Waals surface area contributed by atoms with Gasteiger partial charge in [-0.25, -0.2) is 0 Å². The van der Waals surface area contributed by atoms with E-state index in [0.29, 0.717) is 0 Å². The highest BCUT2D eigenvalue weighted by Gasteiger charge is 2.14. The Kier molecular flexibility index (Phi) is 3.86. The Morgan fingerprint density at radius 2 is 2.00 bits per heavy atom. The third-order valence-electron chi connectivity index (χ3n) is 2.83. The molecular formula is C13H17N3S. The van der Waals surface area contributed by atoms with E-state index in [1.54, 1.807) is 0 Å². The fourth-order valence-electron chi connectivity index (χ4n) is 1.81. The lowest BCUT2D eigenvalue weighted by Crippen LogP contribution is -2.13. The van der Waals surface area contributed by atoms with Gasteiger partial charge in [0.15, 0.2) is 0 Å². The summed E-state index contributed by atoms with van der Waals surface area (Å²) in [5.74, 6) is 0. The Morgan fingerprint density at radius 3 is 2.65 bits per heavy atom. The third kappa shape index (κ3) is 2.90. The van der Waals surface area contributed by atoms with E-state index >= 15 is 0 Å². The van der Waals surface area contributed by atoms with E-state index in [0.717, 1.165) is 23.4 Å². The lowest BCUT2D eigenvalue weighted by atomic mass is 10.0. The van der Waals surface area contributed by atoms with E-state index in [1.165, 1.54) is 22.7 Å². The molecule has 2 rings (SSSR count). The largest absolute Gasteiger partial charge is 0.323 e. The van der Waals surface area contributed by atoms with E-state index in [4.69, 9.17) is 5.73 Å². The molecule has 17 heavy (non-hydrogen) atoms. The smallest absolute Gasteiger partial charge is 0.0801 e. The number of aryl methyl sites for hydroxylation is 2. The van der Waals surface area contributed by atoms with Crippen LogP contribution in [0.1, 0.15) is 34.7 Å². The van der Waals surface area contributed by atoms with Gasteiger partial charge in [-0.2, -0.15) is 0 Å². The number of benzene rings is 1. The molecular weight excluding hydrogens is 230 g/mol. The Balaban J connectivity index is 2.11. The monoisotopic (exact) mass is 247 g/mol. The Morgan fingerprint density at radius 1 is 1.29 bits per heavy atom. The van der Waals surface area contributed by atoms with Gasteiger partial charge in [0.05, 0.1) is 10.6 Å². The second-order valence-corrected chi connectivity index (χ2v) is 5.02. The van der Waals surface area contributed by atoms with Gasteiger partial charge >= 0.3 is 0 Å². The van der Waals surface area contributed by atoms with Crippen LogP contribution in [0.3, 0.4) is 0 Å². The number of hydrogen-bond donors (Lipinski definition) is 1. The minimum atomic E-state index is 0.00709. The number of nitrogens with two attached hydrogens (primary N) is 1. The zero-order chi connectivity index (χ0) is 12.3.